The van der Waals surface area contributed by atoms with Crippen LogP contribution in [-0.2, 0) is 27.8 Å². The molecular formula is C31H35F2N7O3. The summed E-state index contributed by atoms with van der Waals surface area (Å²) in [5.41, 5.74) is 0.489. The summed E-state index contributed by atoms with van der Waals surface area (Å²) in [5, 5.41) is 12.5. The first-order valence-corrected chi connectivity index (χ1v) is 14.8. The van der Waals surface area contributed by atoms with E-state index in [2.05, 4.69) is 29.9 Å². The summed E-state index contributed by atoms with van der Waals surface area (Å²) in [6, 6.07) is 4.28. The number of halogens is 2. The van der Waals surface area contributed by atoms with E-state index in [1.807, 2.05) is 4.90 Å². The molecule has 1 aliphatic carbocycles. The van der Waals surface area contributed by atoms with Crippen molar-refractivity contribution in [3.63, 3.8) is 0 Å². The molecule has 4 aliphatic rings. The molecule has 2 aromatic rings. The lowest BCUT2D eigenvalue weighted by atomic mass is 9.65. The molecule has 0 bridgehead atoms. The number of nitrogens with one attached hydrogen (secondary N) is 1. The van der Waals surface area contributed by atoms with Crippen LogP contribution in [0.25, 0.3) is 0 Å². The van der Waals surface area contributed by atoms with Crippen LogP contribution in [-0.4, -0.2) is 83.5 Å². The molecule has 2 fully saturated rings. The second-order valence-electron chi connectivity index (χ2n) is 11.9. The average molecular weight is 592 g/mol. The van der Waals surface area contributed by atoms with Gasteiger partial charge in [0.05, 0.1) is 29.6 Å². The Morgan fingerprint density at radius 2 is 2.09 bits per heavy atom. The summed E-state index contributed by atoms with van der Waals surface area (Å²) in [4.78, 5) is 41.8. The fourth-order valence-electron chi connectivity index (χ4n) is 7.12. The zero-order valence-corrected chi connectivity index (χ0v) is 24.2. The van der Waals surface area contributed by atoms with Gasteiger partial charge in [0.25, 0.3) is 0 Å². The van der Waals surface area contributed by atoms with Gasteiger partial charge in [-0.2, -0.15) is 15.2 Å². The number of amides is 2. The highest BCUT2D eigenvalue weighted by molar-refractivity contribution is 6.04. The molecule has 0 radical (unpaired) electrons. The Balaban J connectivity index is 1.40. The van der Waals surface area contributed by atoms with Crippen molar-refractivity contribution in [1.82, 2.24) is 19.8 Å². The van der Waals surface area contributed by atoms with E-state index in [4.69, 9.17) is 14.7 Å². The Kier molecular flexibility index (Phi) is 7.77. The number of nitriles is 1. The molecule has 4 heterocycles. The number of carbonyl (C=O) groups is 2. The van der Waals surface area contributed by atoms with Crippen LogP contribution in [0.15, 0.2) is 24.8 Å². The maximum Gasteiger partial charge on any atom is 0.318 e. The molecule has 1 spiro atoms. The largest absolute Gasteiger partial charge is 0.462 e. The Morgan fingerprint density at radius 3 is 2.84 bits per heavy atom. The number of fused-ring (bicyclic) bond motifs is 3. The van der Waals surface area contributed by atoms with Crippen molar-refractivity contribution >= 4 is 23.3 Å². The number of nitrogens with zero attached hydrogens (tertiary/aromatic N) is 6. The number of aromatic nitrogens is 2. The molecule has 6 rings (SSSR count). The van der Waals surface area contributed by atoms with Gasteiger partial charge in [-0.05, 0) is 69.0 Å². The Labute approximate surface area is 249 Å². The molecule has 0 saturated carbocycles. The number of carbonyl (C=O) groups excluding carboxylic acids is 2. The van der Waals surface area contributed by atoms with Crippen LogP contribution in [0.5, 0.6) is 6.01 Å². The van der Waals surface area contributed by atoms with E-state index in [9.17, 15) is 23.6 Å². The van der Waals surface area contributed by atoms with E-state index in [-0.39, 0.29) is 36.7 Å². The molecule has 3 aliphatic heterocycles. The number of rotatable bonds is 6. The van der Waals surface area contributed by atoms with Gasteiger partial charge in [0, 0.05) is 38.2 Å². The van der Waals surface area contributed by atoms with E-state index in [1.165, 1.54) is 12.1 Å². The Bertz CT molecular complexity index is 1510. The molecule has 2 saturated heterocycles. The van der Waals surface area contributed by atoms with Crippen molar-refractivity contribution in [2.24, 2.45) is 0 Å². The SMILES string of the molecule is C=CC(=O)N1CCN(c2nc(OC[C@@H]3CCCN3C)nc3c2NC(=O)C2(CCCc4c(F)cc(F)cc42)C3)CC1CC#N. The summed E-state index contributed by atoms with van der Waals surface area (Å²) >= 11 is 0. The van der Waals surface area contributed by atoms with Gasteiger partial charge >= 0.3 is 6.01 Å². The monoisotopic (exact) mass is 591 g/mol. The van der Waals surface area contributed by atoms with Gasteiger partial charge in [0.1, 0.15) is 23.9 Å². The molecule has 3 atom stereocenters. The average Bonchev–Trinajstić information content (AvgIpc) is 3.41. The number of ether oxygens (including phenoxy) is 1. The molecule has 12 heteroatoms. The molecule has 2 unspecified atom stereocenters. The fourth-order valence-corrected chi connectivity index (χ4v) is 7.12. The normalized spacial score (nSPS) is 25.1. The topological polar surface area (TPSA) is 115 Å². The van der Waals surface area contributed by atoms with Crippen LogP contribution >= 0.6 is 0 Å². The zero-order valence-electron chi connectivity index (χ0n) is 24.2. The minimum atomic E-state index is -1.18. The van der Waals surface area contributed by atoms with Crippen LogP contribution in [0.3, 0.4) is 0 Å². The molecule has 1 N–H and O–H groups in total. The van der Waals surface area contributed by atoms with Gasteiger partial charge in [-0.1, -0.05) is 6.58 Å². The van der Waals surface area contributed by atoms with Crippen molar-refractivity contribution in [2.45, 2.75) is 62.4 Å². The van der Waals surface area contributed by atoms with Crippen LogP contribution < -0.4 is 15.0 Å². The third-order valence-electron chi connectivity index (χ3n) is 9.44. The molecule has 226 valence electrons. The zero-order chi connectivity index (χ0) is 30.3. The van der Waals surface area contributed by atoms with Crippen molar-refractivity contribution in [3.8, 4) is 12.1 Å². The highest BCUT2D eigenvalue weighted by Crippen LogP contribution is 2.47. The predicted octanol–water partition coefficient (Wildman–Crippen LogP) is 3.11. The number of likely N-dealkylation sites (N-methyl/N-ethyl adjacent to an activating group) is 1. The number of piperazine rings is 1. The summed E-state index contributed by atoms with van der Waals surface area (Å²) in [5.74, 6) is -1.53. The summed E-state index contributed by atoms with van der Waals surface area (Å²) in [6.45, 7) is 6.01. The van der Waals surface area contributed by atoms with Crippen molar-refractivity contribution < 1.29 is 23.1 Å². The van der Waals surface area contributed by atoms with Crippen molar-refractivity contribution in [3.05, 3.63) is 53.2 Å². The van der Waals surface area contributed by atoms with Crippen LogP contribution in [0.2, 0.25) is 0 Å². The standard InChI is InChI=1S/C31H35F2N7O3/c1-3-26(41)40-13-12-39(17-20(40)8-10-34)28-27-25(35-30(37-28)43-18-21-6-5-11-38(21)2)16-31(29(42)36-27)9-4-7-22-23(31)14-19(32)15-24(22)33/h3,14-15,20-21H,1,4-9,11-13,16-18H2,2H3,(H,36,42)/t20?,21-,31?/m0/s1. The number of likely N-dealkylation sites (tertiary alicyclic amines) is 1. The first-order valence-electron chi connectivity index (χ1n) is 14.8. The molecule has 43 heavy (non-hydrogen) atoms. The number of benzene rings is 1. The van der Waals surface area contributed by atoms with Crippen LogP contribution in [0.1, 0.15) is 48.9 Å². The van der Waals surface area contributed by atoms with E-state index in [0.29, 0.717) is 73.8 Å². The molecule has 10 nitrogen and oxygen atoms in total. The van der Waals surface area contributed by atoms with E-state index < -0.39 is 23.1 Å². The second kappa shape index (κ2) is 11.5. The second-order valence-corrected chi connectivity index (χ2v) is 11.9. The van der Waals surface area contributed by atoms with E-state index >= 15 is 0 Å². The summed E-state index contributed by atoms with van der Waals surface area (Å²) < 4.78 is 35.5. The van der Waals surface area contributed by atoms with Gasteiger partial charge in [-0.15, -0.1) is 0 Å². The summed E-state index contributed by atoms with van der Waals surface area (Å²) in [7, 11) is 2.05. The molecule has 2 amide bonds. The van der Waals surface area contributed by atoms with Crippen LogP contribution in [0, 0.1) is 23.0 Å². The number of hydrogen-bond donors (Lipinski definition) is 1. The number of anilines is 2. The lowest BCUT2D eigenvalue weighted by molar-refractivity contribution is -0.128. The number of hydrogen-bond acceptors (Lipinski definition) is 8. The summed E-state index contributed by atoms with van der Waals surface area (Å²) in [6.07, 6.45) is 4.99. The maximum atomic E-state index is 14.9. The van der Waals surface area contributed by atoms with Crippen molar-refractivity contribution in [2.75, 3.05) is 50.1 Å². The van der Waals surface area contributed by atoms with Crippen molar-refractivity contribution in [1.29, 1.82) is 5.26 Å². The molecule has 1 aromatic carbocycles. The lowest BCUT2D eigenvalue weighted by Gasteiger charge is -2.44. The maximum absolute atomic E-state index is 14.9. The van der Waals surface area contributed by atoms with E-state index in [0.717, 1.165) is 25.5 Å². The fraction of sp³-hybridized carbons (Fsp3) is 0.516. The Morgan fingerprint density at radius 1 is 1.26 bits per heavy atom. The minimum Gasteiger partial charge on any atom is -0.462 e. The first kappa shape index (κ1) is 29.0. The van der Waals surface area contributed by atoms with Crippen LogP contribution in [0.4, 0.5) is 20.3 Å². The van der Waals surface area contributed by atoms with Gasteiger partial charge in [-0.25, -0.2) is 8.78 Å². The van der Waals surface area contributed by atoms with E-state index in [1.54, 1.807) is 4.90 Å². The minimum absolute atomic E-state index is 0.115. The lowest BCUT2D eigenvalue weighted by Crippen LogP contribution is -2.55. The van der Waals surface area contributed by atoms with Gasteiger partial charge in [-0.3, -0.25) is 9.59 Å². The van der Waals surface area contributed by atoms with Gasteiger partial charge < -0.3 is 24.8 Å². The highest BCUT2D eigenvalue weighted by atomic mass is 19.1. The smallest absolute Gasteiger partial charge is 0.318 e. The molecular weight excluding hydrogens is 556 g/mol. The highest BCUT2D eigenvalue weighted by Gasteiger charge is 2.49. The Hall–Kier alpha value is -4.11. The first-order chi connectivity index (χ1) is 20.7. The third kappa shape index (κ3) is 5.20. The predicted molar refractivity (Wildman–Crippen MR) is 155 cm³/mol. The van der Waals surface area contributed by atoms with Gasteiger partial charge in [0.2, 0.25) is 11.8 Å². The van der Waals surface area contributed by atoms with Gasteiger partial charge in [0.15, 0.2) is 5.82 Å². The third-order valence-corrected chi connectivity index (χ3v) is 9.44. The quantitative estimate of drug-likeness (QED) is 0.510. The molecule has 1 aromatic heterocycles.